The third-order valence-corrected chi connectivity index (χ3v) is 4.48. The van der Waals surface area contributed by atoms with E-state index in [0.29, 0.717) is 11.7 Å². The molecule has 0 unspecified atom stereocenters. The lowest BCUT2D eigenvalue weighted by Gasteiger charge is -2.23. The maximum absolute atomic E-state index is 12.3. The van der Waals surface area contributed by atoms with Gasteiger partial charge in [-0.3, -0.25) is 4.79 Å². The van der Waals surface area contributed by atoms with E-state index in [1.807, 2.05) is 32.0 Å². The third-order valence-electron chi connectivity index (χ3n) is 4.48. The Bertz CT molecular complexity index is 706. The highest BCUT2D eigenvalue weighted by molar-refractivity contribution is 6.03. The Hall–Kier alpha value is -2.43. The Morgan fingerprint density at radius 3 is 2.58 bits per heavy atom. The number of hydrogen-bond acceptors (Lipinski definition) is 4. The molecule has 126 valence electrons. The largest absolute Gasteiger partial charge is 0.366 e. The second-order valence-corrected chi connectivity index (χ2v) is 6.54. The van der Waals surface area contributed by atoms with Gasteiger partial charge in [-0.2, -0.15) is 0 Å². The number of aryl methyl sites for hydroxylation is 2. The van der Waals surface area contributed by atoms with Crippen molar-refractivity contribution in [3.8, 4) is 0 Å². The highest BCUT2D eigenvalue weighted by Crippen LogP contribution is 2.21. The molecule has 1 aromatic heterocycles. The predicted octanol–water partition coefficient (Wildman–Crippen LogP) is 4.09. The lowest BCUT2D eigenvalue weighted by atomic mass is 9.96. The van der Waals surface area contributed by atoms with E-state index in [-0.39, 0.29) is 5.91 Å². The molecule has 1 aliphatic carbocycles. The minimum absolute atomic E-state index is 0.236. The zero-order valence-electron chi connectivity index (χ0n) is 14.3. The van der Waals surface area contributed by atoms with E-state index in [1.165, 1.54) is 38.3 Å². The van der Waals surface area contributed by atoms with Crippen LogP contribution in [0.25, 0.3) is 0 Å². The minimum atomic E-state index is -0.236. The van der Waals surface area contributed by atoms with Crippen LogP contribution in [0, 0.1) is 13.8 Å². The highest BCUT2D eigenvalue weighted by Gasteiger charge is 2.14. The summed E-state index contributed by atoms with van der Waals surface area (Å²) in [6.45, 7) is 3.97. The Balaban J connectivity index is 1.64. The quantitative estimate of drug-likeness (QED) is 0.889. The summed E-state index contributed by atoms with van der Waals surface area (Å²) in [7, 11) is 0. The minimum Gasteiger partial charge on any atom is -0.366 e. The van der Waals surface area contributed by atoms with Gasteiger partial charge in [0.1, 0.15) is 11.5 Å². The average Bonchev–Trinajstić information content (AvgIpc) is 2.60. The summed E-state index contributed by atoms with van der Waals surface area (Å²) in [5, 5.41) is 6.31. The molecule has 1 saturated carbocycles. The summed E-state index contributed by atoms with van der Waals surface area (Å²) in [5.74, 6) is 0.505. The van der Waals surface area contributed by atoms with Crippen LogP contribution in [-0.2, 0) is 0 Å². The van der Waals surface area contributed by atoms with Gasteiger partial charge in [-0.25, -0.2) is 9.97 Å². The molecule has 0 atom stereocenters. The van der Waals surface area contributed by atoms with Crippen molar-refractivity contribution < 1.29 is 4.79 Å². The van der Waals surface area contributed by atoms with Gasteiger partial charge in [0.05, 0.1) is 12.4 Å². The number of amides is 1. The van der Waals surface area contributed by atoms with Gasteiger partial charge in [-0.15, -0.1) is 0 Å². The first-order valence-electron chi connectivity index (χ1n) is 8.59. The van der Waals surface area contributed by atoms with Gasteiger partial charge in [0.15, 0.2) is 0 Å². The molecule has 1 fully saturated rings. The molecule has 2 N–H and O–H groups in total. The van der Waals surface area contributed by atoms with Crippen molar-refractivity contribution in [2.45, 2.75) is 52.0 Å². The molecule has 0 spiro atoms. The van der Waals surface area contributed by atoms with E-state index in [0.717, 1.165) is 22.6 Å². The fraction of sp³-hybridized carbons (Fsp3) is 0.421. The number of anilines is 2. The molecule has 1 heterocycles. The molecular weight excluding hydrogens is 300 g/mol. The molecule has 2 aromatic rings. The zero-order valence-corrected chi connectivity index (χ0v) is 14.3. The lowest BCUT2D eigenvalue weighted by Crippen LogP contribution is -2.23. The van der Waals surface area contributed by atoms with Crippen molar-refractivity contribution in [1.82, 2.24) is 9.97 Å². The number of benzene rings is 1. The molecule has 0 bridgehead atoms. The molecule has 0 saturated heterocycles. The fourth-order valence-corrected chi connectivity index (χ4v) is 3.03. The van der Waals surface area contributed by atoms with Gasteiger partial charge >= 0.3 is 0 Å². The van der Waals surface area contributed by atoms with Crippen LogP contribution < -0.4 is 10.6 Å². The van der Waals surface area contributed by atoms with Gasteiger partial charge in [-0.1, -0.05) is 31.4 Å². The molecule has 1 aliphatic rings. The summed E-state index contributed by atoms with van der Waals surface area (Å²) in [5.41, 5.74) is 3.27. The highest BCUT2D eigenvalue weighted by atomic mass is 16.1. The van der Waals surface area contributed by atoms with E-state index in [2.05, 4.69) is 20.6 Å². The van der Waals surface area contributed by atoms with E-state index in [1.54, 1.807) is 6.20 Å². The van der Waals surface area contributed by atoms with Gasteiger partial charge in [0.25, 0.3) is 5.91 Å². The summed E-state index contributed by atoms with van der Waals surface area (Å²) in [6, 6.07) is 6.45. The first kappa shape index (κ1) is 16.4. The smallest absolute Gasteiger partial charge is 0.275 e. The molecule has 5 nitrogen and oxygen atoms in total. The average molecular weight is 324 g/mol. The standard InChI is InChI=1S/C19H24N4O/c1-13-8-9-14(2)16(10-13)23-19(24)17-11-21-18(12-20-17)22-15-6-4-3-5-7-15/h8-12,15H,3-7H2,1-2H3,(H,21,22)(H,23,24). The summed E-state index contributed by atoms with van der Waals surface area (Å²) >= 11 is 0. The number of nitrogens with zero attached hydrogens (tertiary/aromatic N) is 2. The molecule has 0 aliphatic heterocycles. The Morgan fingerprint density at radius 2 is 1.88 bits per heavy atom. The van der Waals surface area contributed by atoms with Crippen LogP contribution in [0.3, 0.4) is 0 Å². The maximum atomic E-state index is 12.3. The number of rotatable bonds is 4. The second-order valence-electron chi connectivity index (χ2n) is 6.54. The molecule has 24 heavy (non-hydrogen) atoms. The van der Waals surface area contributed by atoms with Crippen molar-refractivity contribution in [3.63, 3.8) is 0 Å². The second kappa shape index (κ2) is 7.43. The van der Waals surface area contributed by atoms with Gasteiger partial charge < -0.3 is 10.6 Å². The third kappa shape index (κ3) is 4.10. The van der Waals surface area contributed by atoms with Crippen LogP contribution in [0.5, 0.6) is 0 Å². The van der Waals surface area contributed by atoms with Crippen molar-refractivity contribution in [2.24, 2.45) is 0 Å². The van der Waals surface area contributed by atoms with Crippen LogP contribution in [0.1, 0.15) is 53.7 Å². The predicted molar refractivity (Wildman–Crippen MR) is 96.4 cm³/mol. The fourth-order valence-electron chi connectivity index (χ4n) is 3.03. The van der Waals surface area contributed by atoms with Crippen LogP contribution in [0.2, 0.25) is 0 Å². The summed E-state index contributed by atoms with van der Waals surface area (Å²) in [4.78, 5) is 20.9. The van der Waals surface area contributed by atoms with Gasteiger partial charge in [-0.05, 0) is 43.9 Å². The van der Waals surface area contributed by atoms with Crippen LogP contribution >= 0.6 is 0 Å². The molecule has 5 heteroatoms. The molecule has 1 aromatic carbocycles. The van der Waals surface area contributed by atoms with E-state index < -0.39 is 0 Å². The molecule has 0 radical (unpaired) electrons. The number of hydrogen-bond donors (Lipinski definition) is 2. The van der Waals surface area contributed by atoms with Gasteiger partial charge in [0, 0.05) is 11.7 Å². The van der Waals surface area contributed by atoms with E-state index in [9.17, 15) is 4.79 Å². The van der Waals surface area contributed by atoms with Crippen molar-refractivity contribution >= 4 is 17.4 Å². The normalized spacial score (nSPS) is 15.1. The first-order chi connectivity index (χ1) is 11.6. The Morgan fingerprint density at radius 1 is 1.08 bits per heavy atom. The molecule has 3 rings (SSSR count). The maximum Gasteiger partial charge on any atom is 0.275 e. The first-order valence-corrected chi connectivity index (χ1v) is 8.59. The van der Waals surface area contributed by atoms with Crippen LogP contribution in [0.4, 0.5) is 11.5 Å². The number of carbonyl (C=O) groups excluding carboxylic acids is 1. The Labute approximate surface area is 142 Å². The van der Waals surface area contributed by atoms with Crippen LogP contribution in [0.15, 0.2) is 30.6 Å². The number of carbonyl (C=O) groups is 1. The molecule has 1 amide bonds. The Kier molecular flexibility index (Phi) is 5.08. The molecular formula is C19H24N4O. The monoisotopic (exact) mass is 324 g/mol. The summed E-state index contributed by atoms with van der Waals surface area (Å²) in [6.07, 6.45) is 9.38. The lowest BCUT2D eigenvalue weighted by molar-refractivity contribution is 0.102. The topological polar surface area (TPSA) is 66.9 Å². The van der Waals surface area contributed by atoms with Crippen molar-refractivity contribution in [2.75, 3.05) is 10.6 Å². The van der Waals surface area contributed by atoms with Crippen LogP contribution in [-0.4, -0.2) is 21.9 Å². The zero-order chi connectivity index (χ0) is 16.9. The van der Waals surface area contributed by atoms with Crippen molar-refractivity contribution in [3.05, 3.63) is 47.4 Å². The SMILES string of the molecule is Cc1ccc(C)c(NC(=O)c2cnc(NC3CCCCC3)cn2)c1. The number of nitrogens with one attached hydrogen (secondary N) is 2. The van der Waals surface area contributed by atoms with Gasteiger partial charge in [0.2, 0.25) is 0 Å². The number of aromatic nitrogens is 2. The summed E-state index contributed by atoms with van der Waals surface area (Å²) < 4.78 is 0. The van der Waals surface area contributed by atoms with E-state index >= 15 is 0 Å². The van der Waals surface area contributed by atoms with Crippen molar-refractivity contribution in [1.29, 1.82) is 0 Å². The van der Waals surface area contributed by atoms with E-state index in [4.69, 9.17) is 0 Å².